The summed E-state index contributed by atoms with van der Waals surface area (Å²) in [7, 11) is -3.58. The van der Waals surface area contributed by atoms with Crippen molar-refractivity contribution in [3.05, 3.63) is 30.3 Å². The van der Waals surface area contributed by atoms with E-state index in [-0.39, 0.29) is 43.4 Å². The Morgan fingerprint density at radius 2 is 1.72 bits per heavy atom. The average Bonchev–Trinajstić information content (AvgIpc) is 2.93. The molecule has 4 amide bonds. The second kappa shape index (κ2) is 6.81. The van der Waals surface area contributed by atoms with Gasteiger partial charge in [0.15, 0.2) is 0 Å². The fourth-order valence-corrected chi connectivity index (χ4v) is 4.27. The van der Waals surface area contributed by atoms with Crippen molar-refractivity contribution in [1.29, 1.82) is 0 Å². The van der Waals surface area contributed by atoms with Gasteiger partial charge in [-0.25, -0.2) is 13.2 Å². The molecule has 1 unspecified atom stereocenters. The molecule has 3 rings (SSSR count). The van der Waals surface area contributed by atoms with E-state index in [4.69, 9.17) is 0 Å². The van der Waals surface area contributed by atoms with E-state index < -0.39 is 28.0 Å². The van der Waals surface area contributed by atoms with Crippen molar-refractivity contribution in [1.82, 2.24) is 19.8 Å². The number of piperazine rings is 1. The summed E-state index contributed by atoms with van der Waals surface area (Å²) in [6, 6.07) is 6.66. The lowest BCUT2D eigenvalue weighted by molar-refractivity contribution is -0.134. The van der Waals surface area contributed by atoms with Crippen LogP contribution in [0, 0.1) is 0 Å². The summed E-state index contributed by atoms with van der Waals surface area (Å²) in [6.45, 7) is 0.860. The highest BCUT2D eigenvalue weighted by Crippen LogP contribution is 2.17. The van der Waals surface area contributed by atoms with Gasteiger partial charge in [-0.1, -0.05) is 18.2 Å². The van der Waals surface area contributed by atoms with E-state index in [0.717, 1.165) is 0 Å². The average molecular weight is 366 g/mol. The monoisotopic (exact) mass is 366 g/mol. The van der Waals surface area contributed by atoms with Crippen LogP contribution in [0.25, 0.3) is 0 Å². The maximum Gasteiger partial charge on any atom is 0.322 e. The Hall–Kier alpha value is -2.46. The molecule has 0 spiro atoms. The molecule has 10 heteroatoms. The van der Waals surface area contributed by atoms with Gasteiger partial charge in [0.25, 0.3) is 5.91 Å². The summed E-state index contributed by atoms with van der Waals surface area (Å²) in [5.41, 5.74) is 0. The van der Waals surface area contributed by atoms with Crippen LogP contribution in [0.4, 0.5) is 4.79 Å². The number of hydrogen-bond donors (Lipinski definition) is 2. The molecular weight excluding hydrogens is 348 g/mol. The number of hydrogen-bond acceptors (Lipinski definition) is 5. The van der Waals surface area contributed by atoms with Gasteiger partial charge in [0, 0.05) is 26.2 Å². The lowest BCUT2D eigenvalue weighted by Crippen LogP contribution is -2.51. The van der Waals surface area contributed by atoms with Gasteiger partial charge in [0.1, 0.15) is 6.04 Å². The summed E-state index contributed by atoms with van der Waals surface area (Å²) < 4.78 is 26.4. The largest absolute Gasteiger partial charge is 0.340 e. The van der Waals surface area contributed by atoms with Crippen molar-refractivity contribution < 1.29 is 22.8 Å². The maximum atomic E-state index is 12.5. The van der Waals surface area contributed by atoms with Gasteiger partial charge >= 0.3 is 6.03 Å². The lowest BCUT2D eigenvalue weighted by atomic mass is 10.2. The zero-order valence-electron chi connectivity index (χ0n) is 13.3. The molecule has 2 N–H and O–H groups in total. The number of nitrogens with zero attached hydrogens (tertiary/aromatic N) is 2. The van der Waals surface area contributed by atoms with Crippen LogP contribution in [0.5, 0.6) is 0 Å². The standard InChI is InChI=1S/C15H18N4O5S/c20-13(10-12-14(21)17-15(22)16-12)18-6-8-19(9-7-18)25(23,24)11-4-2-1-3-5-11/h1-5,12H,6-10H2,(H2,16,17,21,22). The molecule has 2 aliphatic rings. The van der Waals surface area contributed by atoms with Gasteiger partial charge in [0.2, 0.25) is 15.9 Å². The maximum absolute atomic E-state index is 12.5. The Balaban J connectivity index is 1.57. The normalized spacial score (nSPS) is 21.8. The third kappa shape index (κ3) is 3.64. The smallest absolute Gasteiger partial charge is 0.322 e. The first-order chi connectivity index (χ1) is 11.9. The summed E-state index contributed by atoms with van der Waals surface area (Å²) in [6.07, 6.45) is -0.136. The number of carbonyl (C=O) groups is 3. The molecular formula is C15H18N4O5S. The Bertz CT molecular complexity index is 787. The van der Waals surface area contributed by atoms with Gasteiger partial charge in [-0.05, 0) is 12.1 Å². The molecule has 0 radical (unpaired) electrons. The molecule has 0 saturated carbocycles. The van der Waals surface area contributed by atoms with E-state index in [1.54, 1.807) is 18.2 Å². The van der Waals surface area contributed by atoms with E-state index in [0.29, 0.717) is 0 Å². The topological polar surface area (TPSA) is 116 Å². The zero-order valence-corrected chi connectivity index (χ0v) is 14.2. The van der Waals surface area contributed by atoms with Crippen molar-refractivity contribution in [3.63, 3.8) is 0 Å². The lowest BCUT2D eigenvalue weighted by Gasteiger charge is -2.34. The number of imide groups is 1. The highest BCUT2D eigenvalue weighted by molar-refractivity contribution is 7.89. The van der Waals surface area contributed by atoms with E-state index in [1.807, 2.05) is 0 Å². The molecule has 2 heterocycles. The molecule has 0 bridgehead atoms. The van der Waals surface area contributed by atoms with E-state index in [9.17, 15) is 22.8 Å². The summed E-state index contributed by atoms with van der Waals surface area (Å²) in [5, 5.41) is 4.45. The molecule has 0 aliphatic carbocycles. The number of nitrogens with one attached hydrogen (secondary N) is 2. The van der Waals surface area contributed by atoms with Crippen molar-refractivity contribution in [3.8, 4) is 0 Å². The molecule has 1 atom stereocenters. The second-order valence-corrected chi connectivity index (χ2v) is 7.76. The van der Waals surface area contributed by atoms with Crippen molar-refractivity contribution in [2.45, 2.75) is 17.4 Å². The van der Waals surface area contributed by atoms with Crippen LogP contribution in [-0.2, 0) is 19.6 Å². The molecule has 9 nitrogen and oxygen atoms in total. The third-order valence-corrected chi connectivity index (χ3v) is 6.12. The fraction of sp³-hybridized carbons (Fsp3) is 0.400. The molecule has 25 heavy (non-hydrogen) atoms. The SMILES string of the molecule is O=C1NC(=O)C(CC(=O)N2CCN(S(=O)(=O)c3ccccc3)CC2)N1. The third-order valence-electron chi connectivity index (χ3n) is 4.21. The summed E-state index contributed by atoms with van der Waals surface area (Å²) in [5.74, 6) is -0.817. The molecule has 2 saturated heterocycles. The summed E-state index contributed by atoms with van der Waals surface area (Å²) in [4.78, 5) is 36.5. The minimum absolute atomic E-state index is 0.136. The Morgan fingerprint density at radius 1 is 1.08 bits per heavy atom. The molecule has 2 fully saturated rings. The van der Waals surface area contributed by atoms with Crippen LogP contribution in [0.1, 0.15) is 6.42 Å². The van der Waals surface area contributed by atoms with Crippen LogP contribution < -0.4 is 10.6 Å². The van der Waals surface area contributed by atoms with Crippen molar-refractivity contribution in [2.75, 3.05) is 26.2 Å². The number of sulfonamides is 1. The Morgan fingerprint density at radius 3 is 2.28 bits per heavy atom. The summed E-state index contributed by atoms with van der Waals surface area (Å²) >= 11 is 0. The van der Waals surface area contributed by atoms with Crippen molar-refractivity contribution >= 4 is 27.9 Å². The highest BCUT2D eigenvalue weighted by atomic mass is 32.2. The van der Waals surface area contributed by atoms with Crippen LogP contribution in [0.15, 0.2) is 35.2 Å². The zero-order chi connectivity index (χ0) is 18.0. The van der Waals surface area contributed by atoms with E-state index in [2.05, 4.69) is 10.6 Å². The number of urea groups is 1. The first-order valence-corrected chi connectivity index (χ1v) is 9.26. The minimum atomic E-state index is -3.58. The second-order valence-electron chi connectivity index (χ2n) is 5.82. The van der Waals surface area contributed by atoms with Crippen molar-refractivity contribution in [2.24, 2.45) is 0 Å². The van der Waals surface area contributed by atoms with Crippen LogP contribution in [-0.4, -0.2) is 67.7 Å². The number of rotatable bonds is 4. The molecule has 0 aromatic heterocycles. The molecule has 2 aliphatic heterocycles. The molecule has 1 aromatic rings. The van der Waals surface area contributed by atoms with Gasteiger partial charge in [-0.15, -0.1) is 0 Å². The van der Waals surface area contributed by atoms with Gasteiger partial charge in [-0.3, -0.25) is 14.9 Å². The first kappa shape index (κ1) is 17.4. The predicted octanol–water partition coefficient (Wildman–Crippen LogP) is -0.882. The van der Waals surface area contributed by atoms with E-state index in [1.165, 1.54) is 21.3 Å². The molecule has 134 valence electrons. The van der Waals surface area contributed by atoms with Gasteiger partial charge in [-0.2, -0.15) is 4.31 Å². The van der Waals surface area contributed by atoms with Gasteiger partial charge in [0.05, 0.1) is 11.3 Å². The number of carbonyl (C=O) groups excluding carboxylic acids is 3. The minimum Gasteiger partial charge on any atom is -0.340 e. The first-order valence-electron chi connectivity index (χ1n) is 7.82. The number of amides is 4. The number of benzene rings is 1. The quantitative estimate of drug-likeness (QED) is 0.671. The fourth-order valence-electron chi connectivity index (χ4n) is 2.83. The molecule has 1 aromatic carbocycles. The van der Waals surface area contributed by atoms with Crippen LogP contribution in [0.2, 0.25) is 0 Å². The Labute approximate surface area is 145 Å². The van der Waals surface area contributed by atoms with Crippen LogP contribution in [0.3, 0.4) is 0 Å². The van der Waals surface area contributed by atoms with E-state index >= 15 is 0 Å². The van der Waals surface area contributed by atoms with Crippen LogP contribution >= 0.6 is 0 Å². The Kier molecular flexibility index (Phi) is 4.73. The highest BCUT2D eigenvalue weighted by Gasteiger charge is 2.34. The predicted molar refractivity (Wildman–Crippen MR) is 86.9 cm³/mol. The van der Waals surface area contributed by atoms with Gasteiger partial charge < -0.3 is 10.2 Å².